The first-order chi connectivity index (χ1) is 6.88. The molecule has 0 bridgehead atoms. The first-order valence-corrected chi connectivity index (χ1v) is 5.11. The molecule has 0 aromatic rings. The summed E-state index contributed by atoms with van der Waals surface area (Å²) in [5.74, 6) is -1.43. The smallest absolute Gasteiger partial charge is 0.326 e. The van der Waals surface area contributed by atoms with Gasteiger partial charge in [-0.3, -0.25) is 4.79 Å². The molecule has 0 fully saturated rings. The number of aliphatic carboxylic acids is 1. The van der Waals surface area contributed by atoms with Gasteiger partial charge in [0.15, 0.2) is 0 Å². The van der Waals surface area contributed by atoms with Crippen LogP contribution in [0.4, 0.5) is 0 Å². The first-order valence-electron chi connectivity index (χ1n) is 5.11. The predicted octanol–water partition coefficient (Wildman–Crippen LogP) is 0.197. The standard InChI is InChI=1S/C10H20N2O3/c1-6(2)4-8(10(14)15)12-9(13)7(3)5-11/h6-8H,4-5,11H2,1-3H3,(H,12,13)(H,14,15)/t7?,8-/m1/s1. The summed E-state index contributed by atoms with van der Waals surface area (Å²) in [6.07, 6.45) is 0.429. The quantitative estimate of drug-likeness (QED) is 0.591. The van der Waals surface area contributed by atoms with Gasteiger partial charge in [-0.2, -0.15) is 0 Å². The van der Waals surface area contributed by atoms with E-state index in [9.17, 15) is 9.59 Å². The molecule has 0 aliphatic heterocycles. The van der Waals surface area contributed by atoms with Gasteiger partial charge in [0, 0.05) is 12.5 Å². The zero-order valence-corrected chi connectivity index (χ0v) is 9.49. The van der Waals surface area contributed by atoms with Crippen LogP contribution in [-0.2, 0) is 9.59 Å². The normalized spacial score (nSPS) is 14.7. The van der Waals surface area contributed by atoms with E-state index in [1.54, 1.807) is 6.92 Å². The van der Waals surface area contributed by atoms with E-state index in [1.807, 2.05) is 13.8 Å². The number of carboxylic acids is 1. The van der Waals surface area contributed by atoms with Gasteiger partial charge in [0.05, 0.1) is 0 Å². The molecule has 1 amide bonds. The number of rotatable bonds is 6. The summed E-state index contributed by atoms with van der Waals surface area (Å²) in [6.45, 7) is 5.71. The summed E-state index contributed by atoms with van der Waals surface area (Å²) in [7, 11) is 0. The van der Waals surface area contributed by atoms with Crippen molar-refractivity contribution in [2.45, 2.75) is 33.2 Å². The van der Waals surface area contributed by atoms with Crippen molar-refractivity contribution >= 4 is 11.9 Å². The Kier molecular flexibility index (Phi) is 5.93. The van der Waals surface area contributed by atoms with Crippen LogP contribution in [0.3, 0.4) is 0 Å². The molecule has 15 heavy (non-hydrogen) atoms. The monoisotopic (exact) mass is 216 g/mol. The van der Waals surface area contributed by atoms with Gasteiger partial charge in [0.1, 0.15) is 6.04 Å². The van der Waals surface area contributed by atoms with E-state index in [1.165, 1.54) is 0 Å². The Morgan fingerprint density at radius 3 is 2.20 bits per heavy atom. The number of hydrogen-bond donors (Lipinski definition) is 3. The fraction of sp³-hybridized carbons (Fsp3) is 0.800. The molecule has 0 radical (unpaired) electrons. The van der Waals surface area contributed by atoms with Crippen LogP contribution in [-0.4, -0.2) is 29.6 Å². The third-order valence-electron chi connectivity index (χ3n) is 2.12. The highest BCUT2D eigenvalue weighted by Gasteiger charge is 2.22. The van der Waals surface area contributed by atoms with Gasteiger partial charge < -0.3 is 16.2 Å². The summed E-state index contributed by atoms with van der Waals surface area (Å²) in [6, 6.07) is -0.813. The topological polar surface area (TPSA) is 92.4 Å². The van der Waals surface area contributed by atoms with E-state index in [0.717, 1.165) is 0 Å². The molecule has 0 aromatic heterocycles. The van der Waals surface area contributed by atoms with Gasteiger partial charge in [-0.1, -0.05) is 20.8 Å². The lowest BCUT2D eigenvalue weighted by Crippen LogP contribution is -2.45. The summed E-state index contributed by atoms with van der Waals surface area (Å²) in [5, 5.41) is 11.4. The third kappa shape index (κ3) is 5.37. The summed E-state index contributed by atoms with van der Waals surface area (Å²) in [5.41, 5.74) is 5.32. The lowest BCUT2D eigenvalue weighted by molar-refractivity contribution is -0.142. The molecule has 0 rings (SSSR count). The van der Waals surface area contributed by atoms with Crippen molar-refractivity contribution in [1.82, 2.24) is 5.32 Å². The van der Waals surface area contributed by atoms with Crippen LogP contribution in [0, 0.1) is 11.8 Å². The number of nitrogens with one attached hydrogen (secondary N) is 1. The van der Waals surface area contributed by atoms with Gasteiger partial charge in [-0.25, -0.2) is 4.79 Å². The Bertz CT molecular complexity index is 229. The number of nitrogens with two attached hydrogens (primary N) is 1. The van der Waals surface area contributed by atoms with Crippen LogP contribution < -0.4 is 11.1 Å². The Balaban J connectivity index is 4.29. The van der Waals surface area contributed by atoms with Crippen LogP contribution in [0.2, 0.25) is 0 Å². The molecule has 4 N–H and O–H groups in total. The van der Waals surface area contributed by atoms with Crippen LogP contribution in [0.5, 0.6) is 0 Å². The second kappa shape index (κ2) is 6.40. The van der Waals surface area contributed by atoms with E-state index < -0.39 is 12.0 Å². The number of carbonyl (C=O) groups excluding carboxylic acids is 1. The fourth-order valence-electron chi connectivity index (χ4n) is 1.11. The van der Waals surface area contributed by atoms with Crippen molar-refractivity contribution < 1.29 is 14.7 Å². The summed E-state index contributed by atoms with van der Waals surface area (Å²) < 4.78 is 0. The second-order valence-corrected chi connectivity index (χ2v) is 4.17. The second-order valence-electron chi connectivity index (χ2n) is 4.17. The Hall–Kier alpha value is -1.10. The molecular weight excluding hydrogens is 196 g/mol. The lowest BCUT2D eigenvalue weighted by Gasteiger charge is -2.18. The highest BCUT2D eigenvalue weighted by atomic mass is 16.4. The van der Waals surface area contributed by atoms with Crippen LogP contribution in [0.25, 0.3) is 0 Å². The molecule has 0 aliphatic carbocycles. The number of amides is 1. The van der Waals surface area contributed by atoms with Gasteiger partial charge in [0.25, 0.3) is 0 Å². The number of hydrogen-bond acceptors (Lipinski definition) is 3. The SMILES string of the molecule is CC(C)C[C@@H](NC(=O)C(C)CN)C(=O)O. The van der Waals surface area contributed by atoms with E-state index in [-0.39, 0.29) is 24.3 Å². The minimum absolute atomic E-state index is 0.222. The van der Waals surface area contributed by atoms with Gasteiger partial charge >= 0.3 is 5.97 Å². The molecule has 0 saturated heterocycles. The molecular formula is C10H20N2O3. The molecule has 0 heterocycles. The van der Waals surface area contributed by atoms with Crippen LogP contribution >= 0.6 is 0 Å². The number of carbonyl (C=O) groups is 2. The van der Waals surface area contributed by atoms with Crippen molar-refractivity contribution in [2.24, 2.45) is 17.6 Å². The zero-order valence-electron chi connectivity index (χ0n) is 9.49. The Morgan fingerprint density at radius 2 is 1.87 bits per heavy atom. The van der Waals surface area contributed by atoms with Gasteiger partial charge in [0.2, 0.25) is 5.91 Å². The van der Waals surface area contributed by atoms with Gasteiger partial charge in [-0.15, -0.1) is 0 Å². The van der Waals surface area contributed by atoms with Crippen molar-refractivity contribution in [3.8, 4) is 0 Å². The van der Waals surface area contributed by atoms with Crippen LogP contribution in [0.1, 0.15) is 27.2 Å². The highest BCUT2D eigenvalue weighted by Crippen LogP contribution is 2.05. The minimum atomic E-state index is -0.999. The maximum Gasteiger partial charge on any atom is 0.326 e. The first kappa shape index (κ1) is 13.9. The maximum atomic E-state index is 11.4. The molecule has 2 atom stereocenters. The average molecular weight is 216 g/mol. The molecule has 0 aromatic carbocycles. The molecule has 1 unspecified atom stereocenters. The Morgan fingerprint density at radius 1 is 1.33 bits per heavy atom. The van der Waals surface area contributed by atoms with Crippen molar-refractivity contribution in [2.75, 3.05) is 6.54 Å². The van der Waals surface area contributed by atoms with E-state index in [2.05, 4.69) is 5.32 Å². The van der Waals surface area contributed by atoms with Crippen molar-refractivity contribution in [3.63, 3.8) is 0 Å². The molecule has 5 nitrogen and oxygen atoms in total. The van der Waals surface area contributed by atoms with Crippen LogP contribution in [0.15, 0.2) is 0 Å². The van der Waals surface area contributed by atoms with Crippen molar-refractivity contribution in [1.29, 1.82) is 0 Å². The van der Waals surface area contributed by atoms with E-state index in [4.69, 9.17) is 10.8 Å². The van der Waals surface area contributed by atoms with Crippen molar-refractivity contribution in [3.05, 3.63) is 0 Å². The predicted molar refractivity (Wildman–Crippen MR) is 57.2 cm³/mol. The highest BCUT2D eigenvalue weighted by molar-refractivity contribution is 5.84. The third-order valence-corrected chi connectivity index (χ3v) is 2.12. The molecule has 0 aliphatic rings. The molecule has 0 spiro atoms. The zero-order chi connectivity index (χ0) is 12.0. The molecule has 0 saturated carbocycles. The maximum absolute atomic E-state index is 11.4. The minimum Gasteiger partial charge on any atom is -0.480 e. The van der Waals surface area contributed by atoms with E-state index >= 15 is 0 Å². The summed E-state index contributed by atoms with van der Waals surface area (Å²) >= 11 is 0. The Labute approximate surface area is 90.0 Å². The average Bonchev–Trinajstić information content (AvgIpc) is 2.14. The fourth-order valence-corrected chi connectivity index (χ4v) is 1.11. The lowest BCUT2D eigenvalue weighted by atomic mass is 10.0. The molecule has 5 heteroatoms. The van der Waals surface area contributed by atoms with E-state index in [0.29, 0.717) is 6.42 Å². The molecule has 88 valence electrons. The van der Waals surface area contributed by atoms with Gasteiger partial charge in [-0.05, 0) is 12.3 Å². The largest absolute Gasteiger partial charge is 0.480 e. The number of carboxylic acid groups (broad SMARTS) is 1. The summed E-state index contributed by atoms with van der Waals surface area (Å²) in [4.78, 5) is 22.3.